The third kappa shape index (κ3) is 3.66. The van der Waals surface area contributed by atoms with E-state index in [1.165, 1.54) is 0 Å². The van der Waals surface area contributed by atoms with Gasteiger partial charge in [-0.2, -0.15) is 0 Å². The number of piperidine rings is 1. The van der Waals surface area contributed by atoms with Crippen LogP contribution in [0.25, 0.3) is 0 Å². The van der Waals surface area contributed by atoms with E-state index >= 15 is 0 Å². The van der Waals surface area contributed by atoms with Gasteiger partial charge in [-0.25, -0.2) is 12.7 Å². The highest BCUT2D eigenvalue weighted by atomic mass is 32.2. The summed E-state index contributed by atoms with van der Waals surface area (Å²) in [5.74, 6) is 0.442. The Morgan fingerprint density at radius 3 is 2.53 bits per heavy atom. The van der Waals surface area contributed by atoms with Crippen molar-refractivity contribution in [3.05, 3.63) is 0 Å². The lowest BCUT2D eigenvalue weighted by molar-refractivity contribution is 0.224. The molecular weight excluding hydrogens is 236 g/mol. The Hall–Kier alpha value is -0.130. The zero-order valence-corrected chi connectivity index (χ0v) is 12.3. The summed E-state index contributed by atoms with van der Waals surface area (Å²) in [6.07, 6.45) is 2.10. The summed E-state index contributed by atoms with van der Waals surface area (Å²) >= 11 is 0. The molecule has 0 amide bonds. The van der Waals surface area contributed by atoms with E-state index in [-0.39, 0.29) is 5.25 Å². The zero-order chi connectivity index (χ0) is 13.1. The van der Waals surface area contributed by atoms with Gasteiger partial charge >= 0.3 is 0 Å². The SMILES string of the molecule is CCNC(C)C1CCCN(S(=O)(=O)C(C)C)C1. The fraction of sp³-hybridized carbons (Fsp3) is 1.00. The molecule has 0 radical (unpaired) electrons. The van der Waals surface area contributed by atoms with Crippen molar-refractivity contribution in [2.24, 2.45) is 5.92 Å². The second-order valence-corrected chi connectivity index (χ2v) is 7.69. The van der Waals surface area contributed by atoms with Gasteiger partial charge in [0.05, 0.1) is 5.25 Å². The van der Waals surface area contributed by atoms with Crippen LogP contribution in [-0.4, -0.2) is 43.6 Å². The maximum absolute atomic E-state index is 12.1. The maximum Gasteiger partial charge on any atom is 0.216 e. The molecule has 0 bridgehead atoms. The van der Waals surface area contributed by atoms with Crippen molar-refractivity contribution in [1.82, 2.24) is 9.62 Å². The number of hydrogen-bond acceptors (Lipinski definition) is 3. The standard InChI is InChI=1S/C12H26N2O2S/c1-5-13-11(4)12-7-6-8-14(9-12)17(15,16)10(2)3/h10-13H,5-9H2,1-4H3. The maximum atomic E-state index is 12.1. The summed E-state index contributed by atoms with van der Waals surface area (Å²) < 4.78 is 25.9. The van der Waals surface area contributed by atoms with E-state index < -0.39 is 10.0 Å². The highest BCUT2D eigenvalue weighted by Gasteiger charge is 2.32. The van der Waals surface area contributed by atoms with Crippen LogP contribution in [0, 0.1) is 5.92 Å². The van der Waals surface area contributed by atoms with E-state index in [1.807, 2.05) is 0 Å². The van der Waals surface area contributed by atoms with Crippen LogP contribution < -0.4 is 5.32 Å². The molecule has 0 aromatic rings. The highest BCUT2D eigenvalue weighted by molar-refractivity contribution is 7.89. The van der Waals surface area contributed by atoms with Crippen LogP contribution >= 0.6 is 0 Å². The van der Waals surface area contributed by atoms with Crippen molar-refractivity contribution in [1.29, 1.82) is 0 Å². The molecule has 0 aromatic carbocycles. The molecule has 1 aliphatic rings. The molecule has 0 saturated carbocycles. The lowest BCUT2D eigenvalue weighted by Gasteiger charge is -2.36. The van der Waals surface area contributed by atoms with E-state index in [4.69, 9.17) is 0 Å². The van der Waals surface area contributed by atoms with Gasteiger partial charge in [0.15, 0.2) is 0 Å². The van der Waals surface area contributed by atoms with Crippen LogP contribution in [0.2, 0.25) is 0 Å². The molecule has 102 valence electrons. The van der Waals surface area contributed by atoms with Gasteiger partial charge in [0.2, 0.25) is 10.0 Å². The predicted molar refractivity (Wildman–Crippen MR) is 71.5 cm³/mol. The Labute approximate surface area is 106 Å². The van der Waals surface area contributed by atoms with Crippen molar-refractivity contribution >= 4 is 10.0 Å². The Kier molecular flexibility index (Phi) is 5.41. The molecule has 5 heteroatoms. The molecule has 1 fully saturated rings. The van der Waals surface area contributed by atoms with Crippen molar-refractivity contribution in [2.75, 3.05) is 19.6 Å². The Bertz CT molecular complexity index is 327. The van der Waals surface area contributed by atoms with E-state index in [1.54, 1.807) is 18.2 Å². The second kappa shape index (κ2) is 6.16. The molecule has 4 nitrogen and oxygen atoms in total. The van der Waals surface area contributed by atoms with Crippen molar-refractivity contribution in [2.45, 2.75) is 51.8 Å². The summed E-state index contributed by atoms with van der Waals surface area (Å²) in [6.45, 7) is 10.1. The first kappa shape index (κ1) is 14.9. The Balaban J connectivity index is 2.67. The quantitative estimate of drug-likeness (QED) is 0.815. The van der Waals surface area contributed by atoms with Gasteiger partial charge in [-0.15, -0.1) is 0 Å². The number of sulfonamides is 1. The largest absolute Gasteiger partial charge is 0.314 e. The molecule has 1 N–H and O–H groups in total. The Morgan fingerprint density at radius 1 is 1.35 bits per heavy atom. The molecule has 17 heavy (non-hydrogen) atoms. The zero-order valence-electron chi connectivity index (χ0n) is 11.4. The van der Waals surface area contributed by atoms with Crippen LogP contribution in [0.1, 0.15) is 40.5 Å². The summed E-state index contributed by atoms with van der Waals surface area (Å²) in [5.41, 5.74) is 0. The van der Waals surface area contributed by atoms with Gasteiger partial charge in [-0.05, 0) is 46.1 Å². The van der Waals surface area contributed by atoms with Gasteiger partial charge in [0, 0.05) is 19.1 Å². The van der Waals surface area contributed by atoms with Crippen molar-refractivity contribution < 1.29 is 8.42 Å². The molecule has 1 saturated heterocycles. The van der Waals surface area contributed by atoms with Crippen molar-refractivity contribution in [3.63, 3.8) is 0 Å². The third-order valence-electron chi connectivity index (χ3n) is 3.61. The van der Waals surface area contributed by atoms with Gasteiger partial charge in [-0.3, -0.25) is 0 Å². The van der Waals surface area contributed by atoms with E-state index in [0.29, 0.717) is 25.0 Å². The number of rotatable bonds is 5. The number of nitrogens with zero attached hydrogens (tertiary/aromatic N) is 1. The van der Waals surface area contributed by atoms with Gasteiger partial charge < -0.3 is 5.32 Å². The van der Waals surface area contributed by atoms with E-state index in [9.17, 15) is 8.42 Å². The summed E-state index contributed by atoms with van der Waals surface area (Å²) in [4.78, 5) is 0. The highest BCUT2D eigenvalue weighted by Crippen LogP contribution is 2.23. The predicted octanol–water partition coefficient (Wildman–Crippen LogP) is 1.43. The first-order valence-corrected chi connectivity index (χ1v) is 8.12. The third-order valence-corrected chi connectivity index (χ3v) is 5.85. The molecule has 2 atom stereocenters. The molecule has 0 aromatic heterocycles. The first-order valence-electron chi connectivity index (χ1n) is 6.62. The summed E-state index contributed by atoms with van der Waals surface area (Å²) in [7, 11) is -3.08. The Morgan fingerprint density at radius 2 is 2.00 bits per heavy atom. The lowest BCUT2D eigenvalue weighted by atomic mass is 9.93. The smallest absolute Gasteiger partial charge is 0.216 e. The van der Waals surface area contributed by atoms with Crippen molar-refractivity contribution in [3.8, 4) is 0 Å². The minimum Gasteiger partial charge on any atom is -0.314 e. The summed E-state index contributed by atoms with van der Waals surface area (Å²) in [6, 6.07) is 0.394. The molecule has 0 aliphatic carbocycles. The molecule has 0 spiro atoms. The molecule has 1 heterocycles. The van der Waals surface area contributed by atoms with Crippen LogP contribution in [0.15, 0.2) is 0 Å². The number of nitrogens with one attached hydrogen (secondary N) is 1. The second-order valence-electron chi connectivity index (χ2n) is 5.20. The van der Waals surface area contributed by atoms with E-state index in [2.05, 4.69) is 19.2 Å². The monoisotopic (exact) mass is 262 g/mol. The molecule has 2 unspecified atom stereocenters. The average molecular weight is 262 g/mol. The molecule has 1 aliphatic heterocycles. The van der Waals surface area contributed by atoms with Gasteiger partial charge in [0.1, 0.15) is 0 Å². The lowest BCUT2D eigenvalue weighted by Crippen LogP contribution is -2.48. The van der Waals surface area contributed by atoms with Crippen LogP contribution in [0.4, 0.5) is 0 Å². The van der Waals surface area contributed by atoms with Gasteiger partial charge in [0.25, 0.3) is 0 Å². The molecule has 1 rings (SSSR count). The number of hydrogen-bond donors (Lipinski definition) is 1. The topological polar surface area (TPSA) is 49.4 Å². The normalized spacial score (nSPS) is 25.1. The fourth-order valence-corrected chi connectivity index (χ4v) is 3.78. The minimum atomic E-state index is -3.08. The minimum absolute atomic E-state index is 0.310. The van der Waals surface area contributed by atoms with Gasteiger partial charge in [-0.1, -0.05) is 6.92 Å². The molecular formula is C12H26N2O2S. The van der Waals surface area contributed by atoms with E-state index in [0.717, 1.165) is 19.4 Å². The average Bonchev–Trinajstić information content (AvgIpc) is 2.29. The fourth-order valence-electron chi connectivity index (χ4n) is 2.40. The summed E-state index contributed by atoms with van der Waals surface area (Å²) in [5, 5.41) is 3.09. The van der Waals surface area contributed by atoms with Crippen LogP contribution in [0.3, 0.4) is 0 Å². The first-order chi connectivity index (χ1) is 7.89. The van der Waals surface area contributed by atoms with Crippen LogP contribution in [-0.2, 0) is 10.0 Å². The van der Waals surface area contributed by atoms with Crippen LogP contribution in [0.5, 0.6) is 0 Å².